The molecule has 1 aliphatic rings. The second kappa shape index (κ2) is 5.04. The molecular weight excluding hydrogens is 290 g/mol. The van der Waals surface area contributed by atoms with Crippen LogP contribution in [0.15, 0.2) is 28.7 Å². The summed E-state index contributed by atoms with van der Waals surface area (Å²) in [7, 11) is 0. The molecule has 1 aliphatic heterocycles. The van der Waals surface area contributed by atoms with Crippen molar-refractivity contribution in [2.75, 3.05) is 6.54 Å². The number of carbonyl (C=O) groups excluding carboxylic acids is 1. The fourth-order valence-corrected chi connectivity index (χ4v) is 3.24. The van der Waals surface area contributed by atoms with E-state index >= 15 is 0 Å². The number of fused-ring (bicyclic) bond motifs is 1. The highest BCUT2D eigenvalue weighted by Crippen LogP contribution is 2.31. The number of amides is 1. The van der Waals surface area contributed by atoms with Crippen LogP contribution in [0.2, 0.25) is 5.02 Å². The Kier molecular flexibility index (Phi) is 3.46. The Bertz CT molecular complexity index is 686. The predicted molar refractivity (Wildman–Crippen MR) is 81.6 cm³/mol. The van der Waals surface area contributed by atoms with E-state index in [-0.39, 0.29) is 17.7 Å². The molecule has 1 saturated heterocycles. The van der Waals surface area contributed by atoms with Crippen molar-refractivity contribution in [1.29, 1.82) is 0 Å². The van der Waals surface area contributed by atoms with Crippen LogP contribution in [0.3, 0.4) is 0 Å². The van der Waals surface area contributed by atoms with Crippen LogP contribution >= 0.6 is 11.6 Å². The van der Waals surface area contributed by atoms with Crippen molar-refractivity contribution in [1.82, 2.24) is 4.90 Å². The molecule has 1 amide bonds. The average molecular weight is 308 g/mol. The first-order valence-corrected chi connectivity index (χ1v) is 7.47. The minimum atomic E-state index is -0.921. The Morgan fingerprint density at radius 3 is 2.90 bits per heavy atom. The van der Waals surface area contributed by atoms with Crippen LogP contribution in [0.25, 0.3) is 11.0 Å². The molecule has 0 saturated carbocycles. The SMILES string of the molecule is CC(C)(O)C1CCCN1C(=O)c1cc2cccc(Cl)c2o1. The van der Waals surface area contributed by atoms with Crippen molar-refractivity contribution in [3.05, 3.63) is 35.0 Å². The molecular formula is C16H18ClNO3. The van der Waals surface area contributed by atoms with E-state index in [0.29, 0.717) is 17.2 Å². The third kappa shape index (κ3) is 2.54. The molecule has 3 rings (SSSR count). The first-order chi connectivity index (χ1) is 9.88. The molecule has 112 valence electrons. The maximum Gasteiger partial charge on any atom is 0.289 e. The van der Waals surface area contributed by atoms with E-state index in [1.807, 2.05) is 12.1 Å². The van der Waals surface area contributed by atoms with Crippen molar-refractivity contribution in [3.8, 4) is 0 Å². The van der Waals surface area contributed by atoms with Crippen LogP contribution < -0.4 is 0 Å². The molecule has 0 spiro atoms. The van der Waals surface area contributed by atoms with Gasteiger partial charge in [-0.05, 0) is 38.8 Å². The third-order valence-electron chi connectivity index (χ3n) is 4.04. The van der Waals surface area contributed by atoms with E-state index in [4.69, 9.17) is 16.0 Å². The van der Waals surface area contributed by atoms with Crippen LogP contribution in [-0.2, 0) is 0 Å². The topological polar surface area (TPSA) is 53.7 Å². The van der Waals surface area contributed by atoms with Gasteiger partial charge >= 0.3 is 0 Å². The van der Waals surface area contributed by atoms with Crippen molar-refractivity contribution in [3.63, 3.8) is 0 Å². The fourth-order valence-electron chi connectivity index (χ4n) is 3.02. The normalized spacial score (nSPS) is 19.4. The van der Waals surface area contributed by atoms with Gasteiger partial charge in [0.15, 0.2) is 11.3 Å². The molecule has 1 fully saturated rings. The molecule has 5 heteroatoms. The molecule has 0 radical (unpaired) electrons. The highest BCUT2D eigenvalue weighted by Gasteiger charge is 2.39. The number of rotatable bonds is 2. The Morgan fingerprint density at radius 1 is 1.48 bits per heavy atom. The summed E-state index contributed by atoms with van der Waals surface area (Å²) in [6.45, 7) is 4.11. The number of para-hydroxylation sites is 1. The summed E-state index contributed by atoms with van der Waals surface area (Å²) in [5, 5.41) is 11.5. The van der Waals surface area contributed by atoms with Gasteiger partial charge in [0.2, 0.25) is 0 Å². The fraction of sp³-hybridized carbons (Fsp3) is 0.438. The van der Waals surface area contributed by atoms with Crippen molar-refractivity contribution in [2.24, 2.45) is 0 Å². The summed E-state index contributed by atoms with van der Waals surface area (Å²) in [5.74, 6) is 0.0844. The number of nitrogens with zero attached hydrogens (tertiary/aromatic N) is 1. The van der Waals surface area contributed by atoms with Crippen LogP contribution in [-0.4, -0.2) is 34.1 Å². The van der Waals surface area contributed by atoms with E-state index in [9.17, 15) is 9.90 Å². The Balaban J connectivity index is 1.95. The maximum absolute atomic E-state index is 12.7. The van der Waals surface area contributed by atoms with Gasteiger partial charge in [-0.25, -0.2) is 0 Å². The lowest BCUT2D eigenvalue weighted by Crippen LogP contribution is -2.48. The largest absolute Gasteiger partial charge is 0.449 e. The number of carbonyl (C=O) groups is 1. The van der Waals surface area contributed by atoms with Gasteiger partial charge in [0.1, 0.15) is 0 Å². The number of hydrogen-bond acceptors (Lipinski definition) is 3. The molecule has 1 atom stereocenters. The van der Waals surface area contributed by atoms with Crippen molar-refractivity contribution < 1.29 is 14.3 Å². The first-order valence-electron chi connectivity index (χ1n) is 7.09. The highest BCUT2D eigenvalue weighted by atomic mass is 35.5. The molecule has 4 nitrogen and oxygen atoms in total. The van der Waals surface area contributed by atoms with Crippen LogP contribution in [0.4, 0.5) is 0 Å². The summed E-state index contributed by atoms with van der Waals surface area (Å²) in [6.07, 6.45) is 1.69. The summed E-state index contributed by atoms with van der Waals surface area (Å²) in [6, 6.07) is 6.94. The van der Waals surface area contributed by atoms with Gasteiger partial charge in [0, 0.05) is 11.9 Å². The quantitative estimate of drug-likeness (QED) is 0.924. The van der Waals surface area contributed by atoms with Gasteiger partial charge in [0.25, 0.3) is 5.91 Å². The lowest BCUT2D eigenvalue weighted by molar-refractivity contribution is -0.000680. The highest BCUT2D eigenvalue weighted by molar-refractivity contribution is 6.34. The number of aliphatic hydroxyl groups is 1. The second-order valence-electron chi connectivity index (χ2n) is 6.08. The average Bonchev–Trinajstić information content (AvgIpc) is 3.04. The number of furan rings is 1. The molecule has 2 heterocycles. The standard InChI is InChI=1S/C16H18ClNO3/c1-16(2,20)13-7-4-8-18(13)15(19)12-9-10-5-3-6-11(17)14(10)21-12/h3,5-6,9,13,20H,4,7-8H2,1-2H3. The smallest absolute Gasteiger partial charge is 0.289 e. The van der Waals surface area contributed by atoms with Crippen molar-refractivity contribution in [2.45, 2.75) is 38.3 Å². The number of halogens is 1. The number of likely N-dealkylation sites (tertiary alicyclic amines) is 1. The van der Waals surface area contributed by atoms with Gasteiger partial charge in [-0.2, -0.15) is 0 Å². The molecule has 0 aliphatic carbocycles. The van der Waals surface area contributed by atoms with E-state index < -0.39 is 5.60 Å². The monoisotopic (exact) mass is 307 g/mol. The Morgan fingerprint density at radius 2 is 2.24 bits per heavy atom. The Hall–Kier alpha value is -1.52. The summed E-state index contributed by atoms with van der Waals surface area (Å²) >= 11 is 6.08. The minimum absolute atomic E-state index is 0.186. The number of hydrogen-bond donors (Lipinski definition) is 1. The second-order valence-corrected chi connectivity index (χ2v) is 6.49. The van der Waals surface area contributed by atoms with E-state index in [1.165, 1.54) is 0 Å². The molecule has 1 N–H and O–H groups in total. The molecule has 1 aromatic heterocycles. The molecule has 1 unspecified atom stereocenters. The molecule has 0 bridgehead atoms. The molecule has 21 heavy (non-hydrogen) atoms. The lowest BCUT2D eigenvalue weighted by Gasteiger charge is -2.33. The van der Waals surface area contributed by atoms with E-state index in [0.717, 1.165) is 18.2 Å². The summed E-state index contributed by atoms with van der Waals surface area (Å²) < 4.78 is 5.63. The minimum Gasteiger partial charge on any atom is -0.449 e. The summed E-state index contributed by atoms with van der Waals surface area (Å²) in [4.78, 5) is 14.4. The van der Waals surface area contributed by atoms with Gasteiger partial charge in [-0.1, -0.05) is 23.7 Å². The lowest BCUT2D eigenvalue weighted by atomic mass is 9.96. The summed E-state index contributed by atoms with van der Waals surface area (Å²) in [5.41, 5.74) is -0.392. The van der Waals surface area contributed by atoms with Crippen LogP contribution in [0, 0.1) is 0 Å². The van der Waals surface area contributed by atoms with E-state index in [2.05, 4.69) is 0 Å². The zero-order chi connectivity index (χ0) is 15.2. The maximum atomic E-state index is 12.7. The van der Waals surface area contributed by atoms with Gasteiger partial charge in [-0.15, -0.1) is 0 Å². The molecule has 2 aromatic rings. The van der Waals surface area contributed by atoms with Crippen LogP contribution in [0.5, 0.6) is 0 Å². The van der Waals surface area contributed by atoms with Crippen LogP contribution in [0.1, 0.15) is 37.2 Å². The predicted octanol–water partition coefficient (Wildman–Crippen LogP) is 3.46. The third-order valence-corrected chi connectivity index (χ3v) is 4.33. The van der Waals surface area contributed by atoms with E-state index in [1.54, 1.807) is 30.9 Å². The van der Waals surface area contributed by atoms with Gasteiger partial charge in [-0.3, -0.25) is 4.79 Å². The van der Waals surface area contributed by atoms with Gasteiger partial charge < -0.3 is 14.4 Å². The zero-order valence-corrected chi connectivity index (χ0v) is 12.9. The zero-order valence-electron chi connectivity index (χ0n) is 12.1. The van der Waals surface area contributed by atoms with Gasteiger partial charge in [0.05, 0.1) is 16.7 Å². The molecule has 1 aromatic carbocycles. The first kappa shape index (κ1) is 14.4. The Labute approximate surface area is 128 Å². The van der Waals surface area contributed by atoms with Crippen molar-refractivity contribution >= 4 is 28.5 Å². The number of benzene rings is 1.